The van der Waals surface area contributed by atoms with E-state index in [0.29, 0.717) is 87.1 Å². The summed E-state index contributed by atoms with van der Waals surface area (Å²) in [5.74, 6) is 3.68. The number of hydrogen-bond donors (Lipinski definition) is 7. The number of carbonyl (C=O) groups is 3. The first-order chi connectivity index (χ1) is 33.3. The second-order valence-electron chi connectivity index (χ2n) is 14.9. The van der Waals surface area contributed by atoms with E-state index in [2.05, 4.69) is 31.1 Å². The van der Waals surface area contributed by atoms with Crippen molar-refractivity contribution >= 4 is 93.1 Å². The summed E-state index contributed by atoms with van der Waals surface area (Å²) in [5, 5.41) is 38.6. The molecule has 0 unspecified atom stereocenters. The second-order valence-corrected chi connectivity index (χ2v) is 16.8. The SMILES string of the molecule is CC(=O)[C@H](Cc1ccc(O)cc1)NC(=S)Oc1ccc(N(CCCl)CCCl)cc1.CNC(=O)NCCc1ccc(O)cc1.O=C(NCCc1ccc(O)cc1)Oc1ccc(N(CCCl)CCCl)cc1. The van der Waals surface area contributed by atoms with E-state index in [1.54, 1.807) is 67.7 Å². The van der Waals surface area contributed by atoms with Crippen molar-refractivity contribution < 1.29 is 39.2 Å². The Hall–Kier alpha value is -5.84. The first-order valence-corrected chi connectivity index (χ1v) is 24.5. The highest BCUT2D eigenvalue weighted by Gasteiger charge is 2.17. The van der Waals surface area contributed by atoms with Gasteiger partial charge in [-0.05, 0) is 140 Å². The molecule has 0 saturated carbocycles. The number of anilines is 2. The Morgan fingerprint density at radius 1 is 0.565 bits per heavy atom. The van der Waals surface area contributed by atoms with Gasteiger partial charge in [-0.3, -0.25) is 4.79 Å². The van der Waals surface area contributed by atoms with E-state index >= 15 is 0 Å². The predicted octanol–water partition coefficient (Wildman–Crippen LogP) is 9.00. The van der Waals surface area contributed by atoms with Gasteiger partial charge in [0.2, 0.25) is 0 Å². The van der Waals surface area contributed by atoms with Crippen LogP contribution >= 0.6 is 58.6 Å². The molecule has 7 N–H and O–H groups in total. The summed E-state index contributed by atoms with van der Waals surface area (Å²) < 4.78 is 10.9. The highest BCUT2D eigenvalue weighted by Crippen LogP contribution is 2.22. The minimum Gasteiger partial charge on any atom is -0.508 e. The maximum atomic E-state index is 12.0. The first kappa shape index (κ1) is 57.5. The van der Waals surface area contributed by atoms with Crippen molar-refractivity contribution in [3.8, 4) is 28.7 Å². The van der Waals surface area contributed by atoms with Crippen LogP contribution in [0.15, 0.2) is 121 Å². The first-order valence-electron chi connectivity index (χ1n) is 21.9. The zero-order valence-corrected chi connectivity index (χ0v) is 42.4. The largest absolute Gasteiger partial charge is 0.508 e. The molecule has 5 rings (SSSR count). The summed E-state index contributed by atoms with van der Waals surface area (Å²) in [5.41, 5.74) is 4.98. The van der Waals surface area contributed by atoms with Crippen molar-refractivity contribution in [2.75, 3.05) is 79.6 Å². The second kappa shape index (κ2) is 32.8. The number of hydrogen-bond acceptors (Lipinski definition) is 11. The smallest absolute Gasteiger partial charge is 0.412 e. The maximum absolute atomic E-state index is 12.0. The summed E-state index contributed by atoms with van der Waals surface area (Å²) in [6, 6.07) is 34.5. The number of amides is 3. The third kappa shape index (κ3) is 23.3. The van der Waals surface area contributed by atoms with Gasteiger partial charge in [-0.25, -0.2) is 9.59 Å². The van der Waals surface area contributed by atoms with Gasteiger partial charge in [0.25, 0.3) is 5.17 Å². The van der Waals surface area contributed by atoms with Crippen LogP contribution in [0.1, 0.15) is 23.6 Å². The van der Waals surface area contributed by atoms with E-state index in [1.165, 1.54) is 6.92 Å². The Balaban J connectivity index is 0.000000290. The molecule has 0 saturated heterocycles. The van der Waals surface area contributed by atoms with Gasteiger partial charge in [-0.15, -0.1) is 46.4 Å². The summed E-state index contributed by atoms with van der Waals surface area (Å²) in [4.78, 5) is 38.8. The fraction of sp³-hybridized carbons (Fsp3) is 0.320. The molecule has 5 aromatic rings. The zero-order chi connectivity index (χ0) is 50.4. The molecule has 1 atom stereocenters. The number of ether oxygens (including phenoxy) is 2. The Morgan fingerprint density at radius 3 is 1.32 bits per heavy atom. The molecule has 0 spiro atoms. The molecule has 5 aromatic carbocycles. The molecule has 19 heteroatoms. The van der Waals surface area contributed by atoms with E-state index in [-0.39, 0.29) is 34.2 Å². The van der Waals surface area contributed by atoms with Gasteiger partial charge in [0.1, 0.15) is 28.7 Å². The summed E-state index contributed by atoms with van der Waals surface area (Å²) >= 11 is 28.6. The lowest BCUT2D eigenvalue weighted by Gasteiger charge is -2.23. The van der Waals surface area contributed by atoms with Gasteiger partial charge in [0.05, 0.1) is 6.04 Å². The van der Waals surface area contributed by atoms with Crippen molar-refractivity contribution in [2.45, 2.75) is 32.2 Å². The fourth-order valence-corrected chi connectivity index (χ4v) is 7.28. The number of benzene rings is 5. The number of alkyl halides is 4. The minimum absolute atomic E-state index is 0.0582. The molecule has 0 fully saturated rings. The Bertz CT molecular complexity index is 2250. The molecule has 0 aliphatic heterocycles. The van der Waals surface area contributed by atoms with Gasteiger partial charge in [-0.1, -0.05) is 36.4 Å². The third-order valence-electron chi connectivity index (χ3n) is 9.88. The number of rotatable bonds is 22. The van der Waals surface area contributed by atoms with Gasteiger partial charge in [0.15, 0.2) is 5.78 Å². The van der Waals surface area contributed by atoms with E-state index in [0.717, 1.165) is 34.5 Å². The quantitative estimate of drug-likeness (QED) is 0.0258. The Morgan fingerprint density at radius 2 is 0.942 bits per heavy atom. The standard InChI is InChI=1S/C21H24Cl2N2O3S.C19H22Cl2N2O3.C10H14N2O2/c1-15(26)20(14-16-2-6-18(27)7-3-16)24-21(29)28-19-8-4-17(5-9-19)25(12-10-22)13-11-23;20-10-13-23(14-11-21)16-3-7-18(8-4-16)26-19(25)22-12-9-15-1-5-17(24)6-2-15;1-11-10(14)12-7-6-8-2-4-9(13)5-3-8/h2-9,20,27H,10-14H2,1H3,(H,24,29);1-8,24H,9-14H2,(H,22,25);2-5,13H,6-7H2,1H3,(H2,11,12,14)/t20-;;/m0../s1. The van der Waals surface area contributed by atoms with E-state index in [9.17, 15) is 24.6 Å². The third-order valence-corrected chi connectivity index (χ3v) is 10.8. The van der Waals surface area contributed by atoms with Crippen LogP contribution in [0.5, 0.6) is 28.7 Å². The monoisotopic (exact) mass is 1040 g/mol. The molecule has 0 aliphatic carbocycles. The van der Waals surface area contributed by atoms with Gasteiger partial charge < -0.3 is 55.9 Å². The van der Waals surface area contributed by atoms with Gasteiger partial charge >= 0.3 is 12.1 Å². The van der Waals surface area contributed by atoms with Gasteiger partial charge in [-0.2, -0.15) is 0 Å². The zero-order valence-electron chi connectivity index (χ0n) is 38.5. The van der Waals surface area contributed by atoms with E-state index in [4.69, 9.17) is 73.2 Å². The van der Waals surface area contributed by atoms with Crippen molar-refractivity contribution in [1.82, 2.24) is 21.3 Å². The number of nitrogens with one attached hydrogen (secondary N) is 4. The van der Waals surface area contributed by atoms with Crippen molar-refractivity contribution in [3.63, 3.8) is 0 Å². The number of carbonyl (C=O) groups excluding carboxylic acids is 3. The number of aromatic hydroxyl groups is 3. The van der Waals surface area contributed by atoms with Crippen LogP contribution in [0.25, 0.3) is 0 Å². The van der Waals surface area contributed by atoms with Crippen LogP contribution in [-0.2, 0) is 24.1 Å². The van der Waals surface area contributed by atoms with Crippen LogP contribution in [0, 0.1) is 0 Å². The van der Waals surface area contributed by atoms with Crippen LogP contribution in [0.4, 0.5) is 21.0 Å². The van der Waals surface area contributed by atoms with E-state index in [1.807, 2.05) is 60.7 Å². The normalized spacial score (nSPS) is 10.7. The molecule has 0 aromatic heterocycles. The Kier molecular flexibility index (Phi) is 27.3. The molecule has 372 valence electrons. The van der Waals surface area contributed by atoms with Gasteiger partial charge in [0, 0.05) is 81.2 Å². The minimum atomic E-state index is -0.519. The highest BCUT2D eigenvalue weighted by atomic mass is 35.5. The number of phenolic OH excluding ortho intramolecular Hbond substituents is 3. The Labute approximate surface area is 429 Å². The lowest BCUT2D eigenvalue weighted by Crippen LogP contribution is -2.42. The van der Waals surface area contributed by atoms with E-state index < -0.39 is 12.1 Å². The average molecular weight is 1050 g/mol. The highest BCUT2D eigenvalue weighted by molar-refractivity contribution is 7.80. The molecule has 0 aliphatic rings. The van der Waals surface area contributed by atoms with Crippen LogP contribution < -0.4 is 40.5 Å². The number of thiocarbonyl (C=S) groups is 1. The predicted molar refractivity (Wildman–Crippen MR) is 283 cm³/mol. The lowest BCUT2D eigenvalue weighted by molar-refractivity contribution is -0.118. The summed E-state index contributed by atoms with van der Waals surface area (Å²) in [6.07, 6.45) is 1.34. The van der Waals surface area contributed by atoms with Crippen LogP contribution in [0.3, 0.4) is 0 Å². The molecule has 0 radical (unpaired) electrons. The van der Waals surface area contributed by atoms with Crippen molar-refractivity contribution in [1.29, 1.82) is 0 Å². The molecule has 3 amide bonds. The number of phenols is 3. The molecule has 14 nitrogen and oxygen atoms in total. The fourth-order valence-electron chi connectivity index (χ4n) is 6.23. The van der Waals surface area contributed by atoms with Crippen LogP contribution in [-0.4, -0.2) is 114 Å². The number of nitrogens with zero attached hydrogens (tertiary/aromatic N) is 2. The molecule has 69 heavy (non-hydrogen) atoms. The summed E-state index contributed by atoms with van der Waals surface area (Å²) in [6.45, 7) is 5.33. The number of Topliss-reactive ketones (excluding diaryl/α,β-unsaturated/α-hetero) is 1. The lowest BCUT2D eigenvalue weighted by atomic mass is 10.0. The maximum Gasteiger partial charge on any atom is 0.412 e. The molecular weight excluding hydrogens is 986 g/mol. The van der Waals surface area contributed by atoms with Crippen molar-refractivity contribution in [2.24, 2.45) is 0 Å². The van der Waals surface area contributed by atoms with Crippen LogP contribution in [0.2, 0.25) is 0 Å². The number of ketones is 1. The van der Waals surface area contributed by atoms with Crippen molar-refractivity contribution in [3.05, 3.63) is 138 Å². The topological polar surface area (TPSA) is 185 Å². The average Bonchev–Trinajstić information content (AvgIpc) is 3.34. The summed E-state index contributed by atoms with van der Waals surface area (Å²) in [7, 11) is 1.58. The molecule has 0 bridgehead atoms. The molecule has 0 heterocycles. The number of urea groups is 1. The number of halogens is 4. The molecular formula is C50H60Cl4N6O8S.